The molecule has 4 rings (SSSR count). The third-order valence-corrected chi connectivity index (χ3v) is 5.28. The van der Waals surface area contributed by atoms with Gasteiger partial charge in [-0.1, -0.05) is 23.4 Å². The van der Waals surface area contributed by atoms with Crippen LogP contribution in [0.4, 0.5) is 11.4 Å². The fourth-order valence-electron chi connectivity index (χ4n) is 3.42. The Morgan fingerprint density at radius 1 is 1.26 bits per heavy atom. The lowest BCUT2D eigenvalue weighted by molar-refractivity contribution is -0.385. The average molecular weight is 485 g/mol. The number of fused-ring (bicyclic) bond motifs is 2. The minimum absolute atomic E-state index is 0.0582. The number of halogens is 1. The minimum atomic E-state index is -0.661. The van der Waals surface area contributed by atoms with E-state index in [-0.39, 0.29) is 38.0 Å². The van der Waals surface area contributed by atoms with Crippen molar-refractivity contribution >= 4 is 61.5 Å². The minimum Gasteiger partial charge on any atom is -0.494 e. The van der Waals surface area contributed by atoms with Gasteiger partial charge in [0.05, 0.1) is 26.2 Å². The van der Waals surface area contributed by atoms with Gasteiger partial charge in [0.1, 0.15) is 11.4 Å². The van der Waals surface area contributed by atoms with E-state index in [0.29, 0.717) is 11.3 Å². The summed E-state index contributed by atoms with van der Waals surface area (Å²) in [5.74, 6) is -1.63. The Bertz CT molecular complexity index is 1370. The van der Waals surface area contributed by atoms with E-state index in [1.54, 1.807) is 24.3 Å². The van der Waals surface area contributed by atoms with Crippen LogP contribution in [0, 0.1) is 10.1 Å². The van der Waals surface area contributed by atoms with Crippen molar-refractivity contribution in [1.82, 2.24) is 4.57 Å². The number of oxime groups is 1. The molecule has 0 spiro atoms. The van der Waals surface area contributed by atoms with E-state index in [1.807, 2.05) is 0 Å². The molecule has 1 aliphatic rings. The van der Waals surface area contributed by atoms with Crippen molar-refractivity contribution in [2.75, 3.05) is 0 Å². The summed E-state index contributed by atoms with van der Waals surface area (Å²) < 4.78 is 1.16. The van der Waals surface area contributed by atoms with Gasteiger partial charge in [-0.15, -0.1) is 0 Å². The Morgan fingerprint density at radius 2 is 1.97 bits per heavy atom. The smallest absolute Gasteiger partial charge is 0.332 e. The van der Waals surface area contributed by atoms with E-state index in [0.717, 1.165) is 4.57 Å². The summed E-state index contributed by atoms with van der Waals surface area (Å²) in [6.07, 6.45) is 0. The largest absolute Gasteiger partial charge is 0.494 e. The van der Waals surface area contributed by atoms with E-state index in [4.69, 9.17) is 4.84 Å². The first kappa shape index (κ1) is 20.4. The van der Waals surface area contributed by atoms with Crippen LogP contribution >= 0.6 is 15.9 Å². The summed E-state index contributed by atoms with van der Waals surface area (Å²) in [5, 5.41) is 26.5. The van der Waals surface area contributed by atoms with Crippen molar-refractivity contribution in [3.05, 3.63) is 62.1 Å². The monoisotopic (exact) mass is 484 g/mol. The molecule has 1 N–H and O–H groups in total. The highest BCUT2D eigenvalue weighted by Crippen LogP contribution is 2.41. The van der Waals surface area contributed by atoms with Crippen molar-refractivity contribution in [2.45, 2.75) is 13.8 Å². The first-order valence-electron chi connectivity index (χ1n) is 8.87. The maximum atomic E-state index is 12.3. The fourth-order valence-corrected chi connectivity index (χ4v) is 3.90. The molecule has 1 aliphatic heterocycles. The molecule has 0 fully saturated rings. The van der Waals surface area contributed by atoms with Crippen LogP contribution in [0.2, 0.25) is 0 Å². The number of nitrogens with zero attached hydrogens (tertiary/aromatic N) is 4. The molecule has 2 heterocycles. The molecule has 2 aromatic carbocycles. The van der Waals surface area contributed by atoms with Gasteiger partial charge in [0.2, 0.25) is 11.8 Å². The maximum Gasteiger partial charge on any atom is 0.332 e. The lowest BCUT2D eigenvalue weighted by atomic mass is 10.0. The number of nitro benzene ring substituents is 1. The van der Waals surface area contributed by atoms with Gasteiger partial charge in [0.15, 0.2) is 0 Å². The number of nitro groups is 1. The molecule has 0 atom stereocenters. The quantitative estimate of drug-likeness (QED) is 0.337. The number of carbonyl (C=O) groups is 2. The second-order valence-electron chi connectivity index (χ2n) is 6.63. The fraction of sp³-hybridized carbons (Fsp3) is 0.100. The number of rotatable bonds is 3. The number of hydrogen-bond donors (Lipinski definition) is 1. The van der Waals surface area contributed by atoms with Crippen molar-refractivity contribution < 1.29 is 24.5 Å². The average Bonchev–Trinajstić information content (AvgIpc) is 3.18. The molecule has 31 heavy (non-hydrogen) atoms. The summed E-state index contributed by atoms with van der Waals surface area (Å²) in [5.41, 5.74) is 1.33. The van der Waals surface area contributed by atoms with Gasteiger partial charge < -0.3 is 9.94 Å². The maximum absolute atomic E-state index is 12.3. The lowest BCUT2D eigenvalue weighted by Crippen LogP contribution is -2.14. The van der Waals surface area contributed by atoms with Gasteiger partial charge in [0, 0.05) is 30.9 Å². The zero-order valence-corrected chi connectivity index (χ0v) is 17.7. The number of carbonyl (C=O) groups excluding carboxylic acids is 2. The molecule has 156 valence electrons. The molecule has 0 saturated heterocycles. The number of aromatic nitrogens is 1. The van der Waals surface area contributed by atoms with Crippen LogP contribution in [0.25, 0.3) is 10.9 Å². The normalized spacial score (nSPS) is 13.9. The Kier molecular flexibility index (Phi) is 4.90. The van der Waals surface area contributed by atoms with Crippen molar-refractivity contribution in [3.63, 3.8) is 0 Å². The molecular weight excluding hydrogens is 472 g/mol. The van der Waals surface area contributed by atoms with Crippen LogP contribution in [0.15, 0.2) is 51.0 Å². The zero-order valence-electron chi connectivity index (χ0n) is 16.1. The molecule has 0 bridgehead atoms. The summed E-state index contributed by atoms with van der Waals surface area (Å²) >= 11 is 3.14. The van der Waals surface area contributed by atoms with Crippen LogP contribution < -0.4 is 0 Å². The zero-order chi connectivity index (χ0) is 22.4. The van der Waals surface area contributed by atoms with Gasteiger partial charge in [-0.05, 0) is 28.1 Å². The van der Waals surface area contributed by atoms with E-state index in [2.05, 4.69) is 26.1 Å². The highest BCUT2D eigenvalue weighted by Gasteiger charge is 2.33. The highest BCUT2D eigenvalue weighted by atomic mass is 79.9. The second-order valence-corrected chi connectivity index (χ2v) is 7.49. The Hall–Kier alpha value is -3.86. The van der Waals surface area contributed by atoms with E-state index >= 15 is 0 Å². The van der Waals surface area contributed by atoms with Gasteiger partial charge >= 0.3 is 5.97 Å². The predicted molar refractivity (Wildman–Crippen MR) is 115 cm³/mol. The van der Waals surface area contributed by atoms with Gasteiger partial charge in [0.25, 0.3) is 5.69 Å². The standard InChI is InChI=1S/C20H13BrN4O6/c1-9(26)24-15-8-13(21)16(25(29)30)7-12(15)17(20(24)28)19-18(23-31-10(2)27)11-5-3-4-6-14(11)22-19/h3-8,28H,1-2H3/b23-18+. The Balaban J connectivity index is 2.07. The molecule has 11 heteroatoms. The number of aromatic hydroxyl groups is 1. The topological polar surface area (TPSA) is 136 Å². The first-order chi connectivity index (χ1) is 14.7. The number of para-hydroxylation sites is 1. The number of benzene rings is 2. The molecule has 0 aliphatic carbocycles. The third-order valence-electron chi connectivity index (χ3n) is 4.64. The third kappa shape index (κ3) is 3.28. The van der Waals surface area contributed by atoms with Crippen LogP contribution in [0.5, 0.6) is 5.88 Å². The summed E-state index contributed by atoms with van der Waals surface area (Å²) in [7, 11) is 0. The highest BCUT2D eigenvalue weighted by molar-refractivity contribution is 9.10. The van der Waals surface area contributed by atoms with Crippen LogP contribution in [-0.4, -0.2) is 37.9 Å². The molecule has 3 aromatic rings. The van der Waals surface area contributed by atoms with Crippen LogP contribution in [0.1, 0.15) is 29.8 Å². The molecule has 0 saturated carbocycles. The SMILES string of the molecule is CC(=O)O/N=C1/C(c2c(O)n(C(C)=O)c3cc(Br)c([N+](=O)[O-])cc23)=Nc2ccccc21. The molecule has 10 nitrogen and oxygen atoms in total. The van der Waals surface area contributed by atoms with E-state index in [1.165, 1.54) is 26.0 Å². The second kappa shape index (κ2) is 7.43. The molecular formula is C20H13BrN4O6. The summed E-state index contributed by atoms with van der Waals surface area (Å²) in [6, 6.07) is 9.50. The summed E-state index contributed by atoms with van der Waals surface area (Å²) in [4.78, 5) is 43.8. The Morgan fingerprint density at radius 3 is 2.61 bits per heavy atom. The first-order valence-corrected chi connectivity index (χ1v) is 9.66. The number of hydrogen-bond acceptors (Lipinski definition) is 8. The molecule has 0 amide bonds. The van der Waals surface area contributed by atoms with Crippen molar-refractivity contribution in [1.29, 1.82) is 0 Å². The predicted octanol–water partition coefficient (Wildman–Crippen LogP) is 4.08. The molecule has 0 unspecified atom stereocenters. The van der Waals surface area contributed by atoms with Gasteiger partial charge in [-0.2, -0.15) is 0 Å². The van der Waals surface area contributed by atoms with E-state index in [9.17, 15) is 24.8 Å². The van der Waals surface area contributed by atoms with Crippen LogP contribution in [0.3, 0.4) is 0 Å². The van der Waals surface area contributed by atoms with Crippen molar-refractivity contribution in [2.24, 2.45) is 10.1 Å². The van der Waals surface area contributed by atoms with Gasteiger partial charge in [-0.25, -0.2) is 9.79 Å². The lowest BCUT2D eigenvalue weighted by Gasteiger charge is -2.04. The molecule has 0 radical (unpaired) electrons. The van der Waals surface area contributed by atoms with Crippen molar-refractivity contribution in [3.8, 4) is 5.88 Å². The van der Waals surface area contributed by atoms with Crippen LogP contribution in [-0.2, 0) is 9.63 Å². The Labute approximate surface area is 182 Å². The summed E-state index contributed by atoms with van der Waals surface area (Å²) in [6.45, 7) is 2.43. The number of aliphatic imine (C=N–C) groups is 1. The molecule has 1 aromatic heterocycles. The van der Waals surface area contributed by atoms with Gasteiger partial charge in [-0.3, -0.25) is 19.5 Å². The van der Waals surface area contributed by atoms with E-state index < -0.39 is 22.7 Å².